The number of nitrogens with one attached hydrogen (secondary N) is 1. The molecule has 2 N–H and O–H groups in total. The molecule has 2 rings (SSSR count). The zero-order valence-corrected chi connectivity index (χ0v) is 13.8. The highest BCUT2D eigenvalue weighted by atomic mass is 35.5. The average molecular weight is 311 g/mol. The van der Waals surface area contributed by atoms with Crippen LogP contribution in [0.15, 0.2) is 24.3 Å². The highest BCUT2D eigenvalue weighted by molar-refractivity contribution is 6.30. The number of aliphatic hydroxyl groups excluding tert-OH is 1. The lowest BCUT2D eigenvalue weighted by atomic mass is 9.92. The lowest BCUT2D eigenvalue weighted by Gasteiger charge is -2.34. The third kappa shape index (κ3) is 4.96. The van der Waals surface area contributed by atoms with Gasteiger partial charge in [0.15, 0.2) is 0 Å². The fraction of sp³-hybridized carbons (Fsp3) is 0.647. The molecule has 0 radical (unpaired) electrons. The number of hydrogen-bond donors (Lipinski definition) is 2. The Morgan fingerprint density at radius 1 is 1.38 bits per heavy atom. The van der Waals surface area contributed by atoms with Gasteiger partial charge < -0.3 is 15.3 Å². The van der Waals surface area contributed by atoms with Crippen molar-refractivity contribution < 1.29 is 5.11 Å². The number of aliphatic hydroxyl groups is 1. The number of hydrogen-bond acceptors (Lipinski definition) is 3. The minimum Gasteiger partial charge on any atom is -0.393 e. The van der Waals surface area contributed by atoms with Crippen LogP contribution in [-0.2, 0) is 0 Å². The average Bonchev–Trinajstić information content (AvgIpc) is 2.48. The van der Waals surface area contributed by atoms with Gasteiger partial charge in [0.1, 0.15) is 0 Å². The van der Waals surface area contributed by atoms with E-state index in [0.717, 1.165) is 43.9 Å². The first-order valence-electron chi connectivity index (χ1n) is 7.93. The lowest BCUT2D eigenvalue weighted by molar-refractivity contribution is 0.0706. The van der Waals surface area contributed by atoms with Crippen molar-refractivity contribution in [2.75, 3.05) is 26.7 Å². The fourth-order valence-corrected chi connectivity index (χ4v) is 3.37. The Bertz CT molecular complexity index is 431. The summed E-state index contributed by atoms with van der Waals surface area (Å²) in [6.45, 7) is 5.20. The fourth-order valence-electron chi connectivity index (χ4n) is 3.17. The number of likely N-dealkylation sites (tertiary alicyclic amines) is 1. The van der Waals surface area contributed by atoms with Crippen molar-refractivity contribution in [2.24, 2.45) is 5.92 Å². The molecule has 2 atom stereocenters. The van der Waals surface area contributed by atoms with E-state index in [1.54, 1.807) is 0 Å². The summed E-state index contributed by atoms with van der Waals surface area (Å²) in [5.41, 5.74) is 1.25. The van der Waals surface area contributed by atoms with Crippen LogP contribution in [0.5, 0.6) is 0 Å². The lowest BCUT2D eigenvalue weighted by Crippen LogP contribution is -2.38. The molecular weight excluding hydrogens is 284 g/mol. The summed E-state index contributed by atoms with van der Waals surface area (Å²) < 4.78 is 0. The largest absolute Gasteiger partial charge is 0.393 e. The Hall–Kier alpha value is -0.610. The van der Waals surface area contributed by atoms with Crippen LogP contribution in [0, 0.1) is 5.92 Å². The molecule has 118 valence electrons. The molecular formula is C17H27ClN2O. The Labute approximate surface area is 133 Å². The highest BCUT2D eigenvalue weighted by Gasteiger charge is 2.23. The van der Waals surface area contributed by atoms with Crippen molar-refractivity contribution >= 4 is 11.6 Å². The molecule has 2 unspecified atom stereocenters. The first-order chi connectivity index (χ1) is 10.1. The summed E-state index contributed by atoms with van der Waals surface area (Å²) in [5, 5.41) is 13.8. The van der Waals surface area contributed by atoms with E-state index >= 15 is 0 Å². The van der Waals surface area contributed by atoms with Gasteiger partial charge in [-0.3, -0.25) is 0 Å². The van der Waals surface area contributed by atoms with Gasteiger partial charge in [-0.2, -0.15) is 0 Å². The van der Waals surface area contributed by atoms with Gasteiger partial charge in [0.25, 0.3) is 0 Å². The predicted molar refractivity (Wildman–Crippen MR) is 88.7 cm³/mol. The van der Waals surface area contributed by atoms with E-state index in [1.807, 2.05) is 32.2 Å². The Kier molecular flexibility index (Phi) is 6.49. The zero-order chi connectivity index (χ0) is 15.2. The Balaban J connectivity index is 1.82. The van der Waals surface area contributed by atoms with Gasteiger partial charge in [-0.15, -0.1) is 0 Å². The summed E-state index contributed by atoms with van der Waals surface area (Å²) in [7, 11) is 2.01. The smallest absolute Gasteiger partial charge is 0.0541 e. The van der Waals surface area contributed by atoms with Gasteiger partial charge in [0.05, 0.1) is 6.10 Å². The monoisotopic (exact) mass is 310 g/mol. The number of rotatable bonds is 6. The van der Waals surface area contributed by atoms with Gasteiger partial charge in [-0.05, 0) is 76.5 Å². The molecule has 0 aromatic heterocycles. The summed E-state index contributed by atoms with van der Waals surface area (Å²) in [6, 6.07) is 8.45. The van der Waals surface area contributed by atoms with Crippen LogP contribution in [0.25, 0.3) is 0 Å². The predicted octanol–water partition coefficient (Wildman–Crippen LogP) is 3.08. The van der Waals surface area contributed by atoms with Crippen molar-refractivity contribution in [3.63, 3.8) is 0 Å². The van der Waals surface area contributed by atoms with Crippen molar-refractivity contribution in [2.45, 2.75) is 38.3 Å². The van der Waals surface area contributed by atoms with Crippen LogP contribution in [0.2, 0.25) is 5.02 Å². The molecule has 0 spiro atoms. The quantitative estimate of drug-likeness (QED) is 0.847. The molecule has 1 aliphatic heterocycles. The molecule has 1 fully saturated rings. The molecule has 1 heterocycles. The molecule has 1 aromatic rings. The minimum absolute atomic E-state index is 0.163. The second kappa shape index (κ2) is 8.14. The first-order valence-corrected chi connectivity index (χ1v) is 8.31. The van der Waals surface area contributed by atoms with Crippen LogP contribution in [0.1, 0.15) is 37.8 Å². The molecule has 0 saturated carbocycles. The highest BCUT2D eigenvalue weighted by Crippen LogP contribution is 2.23. The third-order valence-corrected chi connectivity index (χ3v) is 4.88. The summed E-state index contributed by atoms with van der Waals surface area (Å²) in [5.74, 6) is 0.481. The van der Waals surface area contributed by atoms with E-state index in [2.05, 4.69) is 16.3 Å². The molecule has 21 heavy (non-hydrogen) atoms. The van der Waals surface area contributed by atoms with E-state index < -0.39 is 0 Å². The number of piperidine rings is 1. The van der Waals surface area contributed by atoms with Gasteiger partial charge in [-0.1, -0.05) is 23.7 Å². The molecule has 1 aliphatic rings. The summed E-state index contributed by atoms with van der Waals surface area (Å²) in [4.78, 5) is 2.51. The van der Waals surface area contributed by atoms with Crippen LogP contribution < -0.4 is 5.32 Å². The molecule has 4 heteroatoms. The van der Waals surface area contributed by atoms with Gasteiger partial charge in [0.2, 0.25) is 0 Å². The standard InChI is InChI=1S/C17H27ClN2O/c1-13(21)14-6-9-20(10-7-14)11-8-17(19-2)15-4-3-5-16(18)12-15/h3-5,12-14,17,19,21H,6-11H2,1-2H3. The van der Waals surface area contributed by atoms with Crippen molar-refractivity contribution in [1.29, 1.82) is 0 Å². The SMILES string of the molecule is CNC(CCN1CCC(C(C)O)CC1)c1cccc(Cl)c1. The van der Waals surface area contributed by atoms with E-state index in [0.29, 0.717) is 12.0 Å². The molecule has 0 amide bonds. The minimum atomic E-state index is -0.163. The third-order valence-electron chi connectivity index (χ3n) is 4.65. The number of benzene rings is 1. The number of nitrogens with zero attached hydrogens (tertiary/aromatic N) is 1. The maximum absolute atomic E-state index is 9.65. The summed E-state index contributed by atoms with van der Waals surface area (Å²) >= 11 is 6.08. The van der Waals surface area contributed by atoms with Gasteiger partial charge in [-0.25, -0.2) is 0 Å². The van der Waals surface area contributed by atoms with Crippen LogP contribution in [-0.4, -0.2) is 42.8 Å². The Morgan fingerprint density at radius 3 is 2.67 bits per heavy atom. The first kappa shape index (κ1) is 16.8. The molecule has 1 saturated heterocycles. The molecule has 0 bridgehead atoms. The van der Waals surface area contributed by atoms with Crippen molar-refractivity contribution in [3.05, 3.63) is 34.9 Å². The van der Waals surface area contributed by atoms with Crippen LogP contribution in [0.4, 0.5) is 0 Å². The van der Waals surface area contributed by atoms with Crippen molar-refractivity contribution in [1.82, 2.24) is 10.2 Å². The van der Waals surface area contributed by atoms with Crippen LogP contribution in [0.3, 0.4) is 0 Å². The maximum Gasteiger partial charge on any atom is 0.0541 e. The number of halogens is 1. The normalized spacial score (nSPS) is 20.4. The summed E-state index contributed by atoms with van der Waals surface area (Å²) in [6.07, 6.45) is 3.14. The maximum atomic E-state index is 9.65. The molecule has 1 aromatic carbocycles. The van der Waals surface area contributed by atoms with E-state index in [-0.39, 0.29) is 6.10 Å². The Morgan fingerprint density at radius 2 is 2.10 bits per heavy atom. The molecule has 3 nitrogen and oxygen atoms in total. The van der Waals surface area contributed by atoms with Gasteiger partial charge in [0, 0.05) is 11.1 Å². The second-order valence-electron chi connectivity index (χ2n) is 6.10. The van der Waals surface area contributed by atoms with Crippen molar-refractivity contribution in [3.8, 4) is 0 Å². The van der Waals surface area contributed by atoms with Crippen LogP contribution >= 0.6 is 11.6 Å². The topological polar surface area (TPSA) is 35.5 Å². The van der Waals surface area contributed by atoms with Gasteiger partial charge >= 0.3 is 0 Å². The van der Waals surface area contributed by atoms with E-state index in [9.17, 15) is 5.11 Å². The van der Waals surface area contributed by atoms with E-state index in [4.69, 9.17) is 11.6 Å². The second-order valence-corrected chi connectivity index (χ2v) is 6.54. The zero-order valence-electron chi connectivity index (χ0n) is 13.1. The van der Waals surface area contributed by atoms with E-state index in [1.165, 1.54) is 5.56 Å². The molecule has 0 aliphatic carbocycles.